The topological polar surface area (TPSA) is 82.1 Å². The molecule has 42 heavy (non-hydrogen) atoms. The number of rotatable bonds is 5. The lowest BCUT2D eigenvalue weighted by atomic mass is 9.62. The van der Waals surface area contributed by atoms with Crippen LogP contribution in [-0.2, 0) is 10.2 Å². The van der Waals surface area contributed by atoms with Gasteiger partial charge in [0.15, 0.2) is 0 Å². The Kier molecular flexibility index (Phi) is 6.95. The number of hydrogen-bond acceptors (Lipinski definition) is 5. The number of halogens is 3. The van der Waals surface area contributed by atoms with Crippen LogP contribution in [0.15, 0.2) is 54.6 Å². The van der Waals surface area contributed by atoms with Crippen LogP contribution in [0.25, 0.3) is 0 Å². The Hall–Kier alpha value is -3.33. The van der Waals surface area contributed by atoms with E-state index in [1.165, 1.54) is 25.3 Å². The maximum Gasteiger partial charge on any atom is 0.335 e. The summed E-state index contributed by atoms with van der Waals surface area (Å²) < 4.78 is 21.6. The molecule has 2 N–H and O–H groups in total. The van der Waals surface area contributed by atoms with Gasteiger partial charge in [-0.3, -0.25) is 14.6 Å². The summed E-state index contributed by atoms with van der Waals surface area (Å²) in [5, 5.41) is 13.6. The Morgan fingerprint density at radius 3 is 2.62 bits per heavy atom. The second kappa shape index (κ2) is 10.1. The third-order valence-corrected chi connectivity index (χ3v) is 9.47. The summed E-state index contributed by atoms with van der Waals surface area (Å²) in [6.07, 6.45) is 0.724. The standard InChI is InChI=1S/C32H32Cl2FN3O4/c1-31(2,3)14-25-32(15-36-22-13-18(33)9-10-20(22)32)26(19-6-5-7-21(34)27(19)35)28-29(39)37(16-38(25)28)23-11-8-17(30(40)41)12-24(23)42-4/h5-13,25-26,28,36H,14-16H2,1-4H3,(H,40,41)/t25-,26-,28+,32-/m0/s1. The first kappa shape index (κ1) is 28.8. The van der Waals surface area contributed by atoms with Crippen LogP contribution in [0.4, 0.5) is 15.8 Å². The molecule has 3 heterocycles. The van der Waals surface area contributed by atoms with Crippen LogP contribution >= 0.6 is 23.2 Å². The fraction of sp³-hybridized carbons (Fsp3) is 0.375. The molecule has 0 saturated carbocycles. The minimum atomic E-state index is -1.09. The lowest BCUT2D eigenvalue weighted by Crippen LogP contribution is -2.49. The van der Waals surface area contributed by atoms with Gasteiger partial charge in [0.25, 0.3) is 0 Å². The number of aromatic carboxylic acids is 1. The van der Waals surface area contributed by atoms with Crippen LogP contribution in [0.3, 0.4) is 0 Å². The molecule has 4 atom stereocenters. The molecule has 10 heteroatoms. The molecular formula is C32H32Cl2FN3O4. The third-order valence-electron chi connectivity index (χ3n) is 8.94. The second-order valence-electron chi connectivity index (χ2n) is 12.5. The van der Waals surface area contributed by atoms with E-state index in [2.05, 4.69) is 31.0 Å². The fourth-order valence-electron chi connectivity index (χ4n) is 7.33. The molecule has 6 rings (SSSR count). The van der Waals surface area contributed by atoms with Gasteiger partial charge in [-0.05, 0) is 59.4 Å². The molecule has 220 valence electrons. The highest BCUT2D eigenvalue weighted by molar-refractivity contribution is 6.31. The Morgan fingerprint density at radius 2 is 1.93 bits per heavy atom. The monoisotopic (exact) mass is 611 g/mol. The van der Waals surface area contributed by atoms with Gasteiger partial charge in [-0.2, -0.15) is 0 Å². The van der Waals surface area contributed by atoms with Crippen molar-refractivity contribution in [1.29, 1.82) is 0 Å². The molecule has 0 bridgehead atoms. The van der Waals surface area contributed by atoms with E-state index < -0.39 is 29.2 Å². The highest BCUT2D eigenvalue weighted by atomic mass is 35.5. The van der Waals surface area contributed by atoms with Crippen LogP contribution in [-0.4, -0.2) is 54.3 Å². The molecule has 2 saturated heterocycles. The molecule has 1 spiro atoms. The van der Waals surface area contributed by atoms with Crippen LogP contribution in [0.5, 0.6) is 5.75 Å². The summed E-state index contributed by atoms with van der Waals surface area (Å²) in [5.41, 5.74) is 2.00. The van der Waals surface area contributed by atoms with Crippen molar-refractivity contribution in [3.8, 4) is 5.75 Å². The van der Waals surface area contributed by atoms with Gasteiger partial charge >= 0.3 is 5.97 Å². The minimum absolute atomic E-state index is 0.00369. The van der Waals surface area contributed by atoms with Gasteiger partial charge in [0, 0.05) is 34.6 Å². The molecule has 2 fully saturated rings. The van der Waals surface area contributed by atoms with Crippen molar-refractivity contribution in [3.05, 3.63) is 87.2 Å². The number of carbonyl (C=O) groups excluding carboxylic acids is 1. The zero-order valence-corrected chi connectivity index (χ0v) is 25.3. The average Bonchev–Trinajstić information content (AvgIpc) is 3.55. The average molecular weight is 613 g/mol. The quantitative estimate of drug-likeness (QED) is 0.331. The maximum absolute atomic E-state index is 16.0. The van der Waals surface area contributed by atoms with E-state index in [1.807, 2.05) is 18.2 Å². The number of hydrogen-bond donors (Lipinski definition) is 2. The number of carbonyl (C=O) groups is 2. The molecule has 0 unspecified atom stereocenters. The fourth-order valence-corrected chi connectivity index (χ4v) is 7.68. The Labute approximate surface area is 254 Å². The highest BCUT2D eigenvalue weighted by Gasteiger charge is 2.68. The van der Waals surface area contributed by atoms with Crippen molar-refractivity contribution in [3.63, 3.8) is 0 Å². The van der Waals surface area contributed by atoms with Gasteiger partial charge in [-0.25, -0.2) is 9.18 Å². The first-order valence-electron chi connectivity index (χ1n) is 13.8. The molecule has 1 amide bonds. The van der Waals surface area contributed by atoms with Crippen molar-refractivity contribution in [1.82, 2.24) is 4.90 Å². The summed E-state index contributed by atoms with van der Waals surface area (Å²) in [6, 6.07) is 14.3. The minimum Gasteiger partial charge on any atom is -0.495 e. The molecular weight excluding hydrogens is 580 g/mol. The summed E-state index contributed by atoms with van der Waals surface area (Å²) >= 11 is 12.7. The van der Waals surface area contributed by atoms with E-state index in [9.17, 15) is 14.7 Å². The SMILES string of the molecule is COc1cc(C(=O)O)ccc1N1CN2[C@@H](CC(C)(C)C)[C@@]3(CNc4cc(Cl)ccc43)[C@@H](c3cccc(Cl)c3F)[C@@H]2C1=O. The summed E-state index contributed by atoms with van der Waals surface area (Å²) in [7, 11) is 1.44. The van der Waals surface area contributed by atoms with E-state index in [4.69, 9.17) is 27.9 Å². The van der Waals surface area contributed by atoms with Crippen molar-refractivity contribution in [2.75, 3.05) is 30.5 Å². The number of nitrogens with one attached hydrogen (secondary N) is 1. The number of nitrogens with zero attached hydrogens (tertiary/aromatic N) is 2. The summed E-state index contributed by atoms with van der Waals surface area (Å²) in [5.74, 6) is -2.14. The molecule has 3 aromatic carbocycles. The Morgan fingerprint density at radius 1 is 1.17 bits per heavy atom. The van der Waals surface area contributed by atoms with Gasteiger partial charge in [0.2, 0.25) is 5.91 Å². The van der Waals surface area contributed by atoms with E-state index in [1.54, 1.807) is 23.1 Å². The predicted molar refractivity (Wildman–Crippen MR) is 162 cm³/mol. The lowest BCUT2D eigenvalue weighted by molar-refractivity contribution is -0.119. The van der Waals surface area contributed by atoms with Crippen molar-refractivity contribution in [2.24, 2.45) is 5.41 Å². The van der Waals surface area contributed by atoms with Gasteiger partial charge in [0.1, 0.15) is 11.6 Å². The molecule has 0 radical (unpaired) electrons. The molecule has 3 aliphatic rings. The summed E-state index contributed by atoms with van der Waals surface area (Å²) in [4.78, 5) is 30.0. The van der Waals surface area contributed by atoms with Crippen molar-refractivity contribution in [2.45, 2.75) is 50.6 Å². The number of carboxylic acid groups (broad SMARTS) is 1. The van der Waals surface area contributed by atoms with E-state index in [0.29, 0.717) is 22.8 Å². The van der Waals surface area contributed by atoms with Gasteiger partial charge in [-0.15, -0.1) is 0 Å². The van der Waals surface area contributed by atoms with Gasteiger partial charge < -0.3 is 15.2 Å². The van der Waals surface area contributed by atoms with Crippen LogP contribution in [0.2, 0.25) is 10.0 Å². The highest BCUT2D eigenvalue weighted by Crippen LogP contribution is 2.61. The second-order valence-corrected chi connectivity index (χ2v) is 13.4. The van der Waals surface area contributed by atoms with Crippen molar-refractivity contribution >= 4 is 46.5 Å². The smallest absolute Gasteiger partial charge is 0.335 e. The number of benzene rings is 3. The van der Waals surface area contributed by atoms with E-state index in [0.717, 1.165) is 17.7 Å². The van der Waals surface area contributed by atoms with Crippen LogP contribution in [0, 0.1) is 11.2 Å². The van der Waals surface area contributed by atoms with E-state index >= 15 is 4.39 Å². The largest absolute Gasteiger partial charge is 0.495 e. The van der Waals surface area contributed by atoms with Crippen LogP contribution in [0.1, 0.15) is 54.6 Å². The number of methoxy groups -OCH3 is 1. The summed E-state index contributed by atoms with van der Waals surface area (Å²) in [6.45, 7) is 7.22. The number of fused-ring (bicyclic) bond motifs is 3. The van der Waals surface area contributed by atoms with Crippen LogP contribution < -0.4 is 15.0 Å². The predicted octanol–water partition coefficient (Wildman–Crippen LogP) is 6.78. The van der Waals surface area contributed by atoms with Crippen molar-refractivity contribution < 1.29 is 23.8 Å². The Balaban J connectivity index is 1.57. The molecule has 0 aliphatic carbocycles. The molecule has 3 aromatic rings. The molecule has 0 aromatic heterocycles. The van der Waals surface area contributed by atoms with Gasteiger partial charge in [-0.1, -0.05) is 62.2 Å². The normalized spacial score (nSPS) is 25.1. The third kappa shape index (κ3) is 4.34. The Bertz CT molecular complexity index is 1610. The lowest BCUT2D eigenvalue weighted by Gasteiger charge is -2.42. The number of anilines is 2. The maximum atomic E-state index is 16.0. The first-order valence-corrected chi connectivity index (χ1v) is 14.6. The number of ether oxygens (including phenoxy) is 1. The van der Waals surface area contributed by atoms with E-state index in [-0.39, 0.29) is 40.4 Å². The van der Waals surface area contributed by atoms with Gasteiger partial charge in [0.05, 0.1) is 36.1 Å². The first-order chi connectivity index (χ1) is 19.9. The zero-order chi connectivity index (χ0) is 30.1. The molecule has 3 aliphatic heterocycles. The number of amides is 1. The number of carboxylic acids is 1. The molecule has 7 nitrogen and oxygen atoms in total. The zero-order valence-electron chi connectivity index (χ0n) is 23.7.